The van der Waals surface area contributed by atoms with Gasteiger partial charge in [0.2, 0.25) is 6.79 Å². The maximum atomic E-state index is 13.2. The molecular formula is C24H23N3O8. The van der Waals surface area contributed by atoms with Crippen LogP contribution in [0.1, 0.15) is 17.2 Å². The van der Waals surface area contributed by atoms with Crippen LogP contribution in [-0.2, 0) is 14.3 Å². The summed E-state index contributed by atoms with van der Waals surface area (Å²) in [4.78, 5) is 40.4. The zero-order chi connectivity index (χ0) is 24.5. The lowest BCUT2D eigenvalue weighted by atomic mass is 9.95. The van der Waals surface area contributed by atoms with Crippen molar-refractivity contribution >= 4 is 23.1 Å². The number of aliphatic hydroxyl groups is 1. The lowest BCUT2D eigenvalue weighted by Crippen LogP contribution is -2.42. The van der Waals surface area contributed by atoms with Crippen LogP contribution in [0.3, 0.4) is 0 Å². The molecule has 0 bridgehead atoms. The van der Waals surface area contributed by atoms with Gasteiger partial charge in [0.05, 0.1) is 29.8 Å². The molecular weight excluding hydrogens is 458 g/mol. The van der Waals surface area contributed by atoms with E-state index in [0.717, 1.165) is 0 Å². The minimum Gasteiger partial charge on any atom is -0.507 e. The van der Waals surface area contributed by atoms with E-state index >= 15 is 0 Å². The molecule has 3 heterocycles. The molecule has 182 valence electrons. The summed E-state index contributed by atoms with van der Waals surface area (Å²) in [6, 6.07) is 9.49. The Bertz CT molecular complexity index is 1200. The third-order valence-corrected chi connectivity index (χ3v) is 6.37. The van der Waals surface area contributed by atoms with Crippen LogP contribution in [0.5, 0.6) is 11.5 Å². The second-order valence-corrected chi connectivity index (χ2v) is 8.36. The Balaban J connectivity index is 1.54. The number of ether oxygens (including phenoxy) is 3. The number of nitrogens with zero attached hydrogens (tertiary/aromatic N) is 3. The van der Waals surface area contributed by atoms with Crippen LogP contribution in [-0.4, -0.2) is 77.7 Å². The fourth-order valence-electron chi connectivity index (χ4n) is 4.51. The van der Waals surface area contributed by atoms with Crippen molar-refractivity contribution in [3.05, 3.63) is 69.3 Å². The smallest absolute Gasteiger partial charge is 0.295 e. The van der Waals surface area contributed by atoms with Crippen LogP contribution in [0.2, 0.25) is 0 Å². The number of Topliss-reactive ketones (excluding diaryl/α,β-unsaturated/α-hetero) is 1. The normalized spacial score (nSPS) is 21.5. The molecule has 1 atom stereocenters. The summed E-state index contributed by atoms with van der Waals surface area (Å²) in [5.41, 5.74) is 0.589. The van der Waals surface area contributed by atoms with Crippen LogP contribution >= 0.6 is 0 Å². The first-order valence-corrected chi connectivity index (χ1v) is 11.2. The highest BCUT2D eigenvalue weighted by molar-refractivity contribution is 6.46. The molecule has 2 fully saturated rings. The molecule has 35 heavy (non-hydrogen) atoms. The van der Waals surface area contributed by atoms with E-state index in [2.05, 4.69) is 4.90 Å². The number of ketones is 1. The van der Waals surface area contributed by atoms with Gasteiger partial charge in [-0.25, -0.2) is 0 Å². The number of carbonyl (C=O) groups excluding carboxylic acids is 2. The molecule has 11 nitrogen and oxygen atoms in total. The Morgan fingerprint density at radius 3 is 2.46 bits per heavy atom. The first kappa shape index (κ1) is 22.8. The summed E-state index contributed by atoms with van der Waals surface area (Å²) in [7, 11) is 0. The average molecular weight is 481 g/mol. The van der Waals surface area contributed by atoms with Crippen LogP contribution in [0, 0.1) is 10.1 Å². The highest BCUT2D eigenvalue weighted by Crippen LogP contribution is 2.41. The molecule has 2 aromatic carbocycles. The van der Waals surface area contributed by atoms with E-state index in [1.165, 1.54) is 29.2 Å². The number of nitro benzene ring substituents is 1. The number of likely N-dealkylation sites (tertiary alicyclic amines) is 1. The molecule has 5 rings (SSSR count). The van der Waals surface area contributed by atoms with Crippen molar-refractivity contribution in [3.63, 3.8) is 0 Å². The maximum absolute atomic E-state index is 13.2. The largest absolute Gasteiger partial charge is 0.507 e. The van der Waals surface area contributed by atoms with Gasteiger partial charge in [-0.05, 0) is 35.9 Å². The summed E-state index contributed by atoms with van der Waals surface area (Å²) in [6.45, 7) is 3.42. The Morgan fingerprint density at radius 2 is 1.74 bits per heavy atom. The van der Waals surface area contributed by atoms with Crippen molar-refractivity contribution in [2.24, 2.45) is 0 Å². The number of amides is 1. The molecule has 0 saturated carbocycles. The van der Waals surface area contributed by atoms with Gasteiger partial charge in [-0.2, -0.15) is 0 Å². The highest BCUT2D eigenvalue weighted by Gasteiger charge is 2.46. The summed E-state index contributed by atoms with van der Waals surface area (Å²) >= 11 is 0. The van der Waals surface area contributed by atoms with Crippen molar-refractivity contribution < 1.29 is 33.8 Å². The van der Waals surface area contributed by atoms with E-state index in [0.29, 0.717) is 55.5 Å². The van der Waals surface area contributed by atoms with E-state index < -0.39 is 22.7 Å². The van der Waals surface area contributed by atoms with Gasteiger partial charge in [-0.15, -0.1) is 0 Å². The SMILES string of the molecule is O=C1C(=O)N(CCN2CCOCC2)[C@H](c2ccc([N+](=O)[O-])cc2)C1=C(O)c1ccc2c(c1)OCO2. The zero-order valence-corrected chi connectivity index (χ0v) is 18.7. The van der Waals surface area contributed by atoms with Gasteiger partial charge in [0.15, 0.2) is 11.5 Å². The maximum Gasteiger partial charge on any atom is 0.295 e. The standard InChI is InChI=1S/C24H23N3O8/c28-22(16-3-6-18-19(13-16)35-14-34-18)20-21(15-1-4-17(5-2-15)27(31)32)26(24(30)23(20)29)8-7-25-9-11-33-12-10-25/h1-6,13,21,28H,7-12,14H2/t21-/m1/s1. The second kappa shape index (κ2) is 9.35. The van der Waals surface area contributed by atoms with Gasteiger partial charge in [0.25, 0.3) is 17.4 Å². The third-order valence-electron chi connectivity index (χ3n) is 6.37. The van der Waals surface area contributed by atoms with Crippen molar-refractivity contribution in [1.29, 1.82) is 0 Å². The number of rotatable bonds is 6. The number of fused-ring (bicyclic) bond motifs is 1. The minimum atomic E-state index is -0.901. The molecule has 11 heteroatoms. The van der Waals surface area contributed by atoms with Crippen LogP contribution in [0.15, 0.2) is 48.0 Å². The molecule has 2 saturated heterocycles. The number of nitro groups is 1. The summed E-state index contributed by atoms with van der Waals surface area (Å²) in [6.07, 6.45) is 0. The molecule has 0 unspecified atom stereocenters. The van der Waals surface area contributed by atoms with Crippen molar-refractivity contribution in [2.45, 2.75) is 6.04 Å². The molecule has 3 aliphatic heterocycles. The fraction of sp³-hybridized carbons (Fsp3) is 0.333. The highest BCUT2D eigenvalue weighted by atomic mass is 16.7. The number of benzene rings is 2. The monoisotopic (exact) mass is 481 g/mol. The number of hydrogen-bond acceptors (Lipinski definition) is 9. The van der Waals surface area contributed by atoms with Gasteiger partial charge in [0.1, 0.15) is 5.76 Å². The van der Waals surface area contributed by atoms with Gasteiger partial charge in [-0.1, -0.05) is 0 Å². The topological polar surface area (TPSA) is 132 Å². The predicted molar refractivity (Wildman–Crippen MR) is 122 cm³/mol. The van der Waals surface area contributed by atoms with Crippen molar-refractivity contribution in [3.8, 4) is 11.5 Å². The molecule has 1 amide bonds. The summed E-state index contributed by atoms with van der Waals surface area (Å²) in [5, 5.41) is 22.3. The number of carbonyl (C=O) groups is 2. The van der Waals surface area contributed by atoms with Crippen molar-refractivity contribution in [1.82, 2.24) is 9.80 Å². The molecule has 1 N–H and O–H groups in total. The molecule has 0 radical (unpaired) electrons. The van der Waals surface area contributed by atoms with E-state index in [-0.39, 0.29) is 30.4 Å². The lowest BCUT2D eigenvalue weighted by Gasteiger charge is -2.31. The van der Waals surface area contributed by atoms with Crippen LogP contribution < -0.4 is 9.47 Å². The second-order valence-electron chi connectivity index (χ2n) is 8.36. The molecule has 0 aromatic heterocycles. The first-order chi connectivity index (χ1) is 16.9. The van der Waals surface area contributed by atoms with E-state index in [9.17, 15) is 24.8 Å². The van der Waals surface area contributed by atoms with Gasteiger partial charge in [-0.3, -0.25) is 24.6 Å². The zero-order valence-electron chi connectivity index (χ0n) is 18.7. The number of aliphatic hydroxyl groups excluding tert-OH is 1. The lowest BCUT2D eigenvalue weighted by molar-refractivity contribution is -0.384. The van der Waals surface area contributed by atoms with Crippen LogP contribution in [0.4, 0.5) is 5.69 Å². The van der Waals surface area contributed by atoms with Gasteiger partial charge >= 0.3 is 0 Å². The van der Waals surface area contributed by atoms with Crippen molar-refractivity contribution in [2.75, 3.05) is 46.2 Å². The number of non-ortho nitro benzene ring substituents is 1. The van der Waals surface area contributed by atoms with E-state index in [1.807, 2.05) is 0 Å². The Labute approximate surface area is 200 Å². The average Bonchev–Trinajstić information content (AvgIpc) is 3.45. The predicted octanol–water partition coefficient (Wildman–Crippen LogP) is 2.08. The van der Waals surface area contributed by atoms with Crippen LogP contribution in [0.25, 0.3) is 5.76 Å². The van der Waals surface area contributed by atoms with Gasteiger partial charge < -0.3 is 24.2 Å². The first-order valence-electron chi connectivity index (χ1n) is 11.2. The quantitative estimate of drug-likeness (QED) is 0.217. The molecule has 0 aliphatic carbocycles. The van der Waals surface area contributed by atoms with E-state index in [1.54, 1.807) is 18.2 Å². The minimum absolute atomic E-state index is 0.0499. The molecule has 3 aliphatic rings. The Hall–Kier alpha value is -3.96. The summed E-state index contributed by atoms with van der Waals surface area (Å²) in [5.74, 6) is -0.963. The Kier molecular flexibility index (Phi) is 6.10. The number of hydrogen-bond donors (Lipinski definition) is 1. The van der Waals surface area contributed by atoms with Gasteiger partial charge in [0, 0.05) is 43.9 Å². The number of morpholine rings is 1. The Morgan fingerprint density at radius 1 is 1.03 bits per heavy atom. The summed E-state index contributed by atoms with van der Waals surface area (Å²) < 4.78 is 16.1. The fourth-order valence-corrected chi connectivity index (χ4v) is 4.51. The molecule has 2 aromatic rings. The van der Waals surface area contributed by atoms with E-state index in [4.69, 9.17) is 14.2 Å². The third kappa shape index (κ3) is 4.31. The molecule has 0 spiro atoms.